The van der Waals surface area contributed by atoms with Crippen LogP contribution in [0.15, 0.2) is 53.6 Å². The minimum atomic E-state index is -0.650. The zero-order chi connectivity index (χ0) is 21.3. The second-order valence-corrected chi connectivity index (χ2v) is 6.70. The summed E-state index contributed by atoms with van der Waals surface area (Å²) in [4.78, 5) is 25.3. The lowest BCUT2D eigenvalue weighted by molar-refractivity contribution is -0.147. The number of carbonyl (C=O) groups is 2. The summed E-state index contributed by atoms with van der Waals surface area (Å²) >= 11 is 0. The van der Waals surface area contributed by atoms with Crippen LogP contribution < -0.4 is 14.5 Å². The molecule has 0 aromatic heterocycles. The quantitative estimate of drug-likeness (QED) is 0.716. The number of esters is 1. The van der Waals surface area contributed by atoms with Crippen LogP contribution in [-0.4, -0.2) is 48.2 Å². The van der Waals surface area contributed by atoms with Crippen molar-refractivity contribution in [2.45, 2.75) is 20.0 Å². The van der Waals surface area contributed by atoms with Gasteiger partial charge in [0.15, 0.2) is 17.7 Å². The zero-order valence-electron chi connectivity index (χ0n) is 16.9. The highest BCUT2D eigenvalue weighted by Crippen LogP contribution is 2.40. The number of hydrazine groups is 1. The van der Waals surface area contributed by atoms with Gasteiger partial charge in [-0.3, -0.25) is 9.80 Å². The van der Waals surface area contributed by atoms with Gasteiger partial charge >= 0.3 is 5.97 Å². The number of carbonyl (C=O) groups excluding carboxylic acids is 2. The van der Waals surface area contributed by atoms with Crippen LogP contribution in [0.3, 0.4) is 0 Å². The van der Waals surface area contributed by atoms with Gasteiger partial charge in [0.05, 0.1) is 12.3 Å². The Hall–Kier alpha value is -3.75. The lowest BCUT2D eigenvalue weighted by atomic mass is 10.1. The summed E-state index contributed by atoms with van der Waals surface area (Å²) in [5.74, 6) is 0.355. The molecule has 156 valence electrons. The molecule has 0 saturated heterocycles. The second-order valence-electron chi connectivity index (χ2n) is 6.70. The fraction of sp³-hybridized carbons (Fsp3) is 0.286. The van der Waals surface area contributed by atoms with Crippen molar-refractivity contribution in [1.82, 2.24) is 10.0 Å². The van der Waals surface area contributed by atoms with Crippen molar-refractivity contribution >= 4 is 23.4 Å². The summed E-state index contributed by atoms with van der Waals surface area (Å²) in [6.45, 7) is 3.50. The van der Waals surface area contributed by atoms with Crippen LogP contribution >= 0.6 is 0 Å². The van der Waals surface area contributed by atoms with Crippen molar-refractivity contribution in [1.29, 1.82) is 0 Å². The molecule has 0 N–H and O–H groups in total. The van der Waals surface area contributed by atoms with Crippen molar-refractivity contribution in [3.63, 3.8) is 0 Å². The average molecular weight is 410 g/mol. The number of benzene rings is 2. The number of rotatable bonds is 4. The smallest absolute Gasteiger partial charge is 0.377 e. The Morgan fingerprint density at radius 1 is 1.13 bits per heavy atom. The first-order valence-electron chi connectivity index (χ1n) is 9.54. The van der Waals surface area contributed by atoms with E-state index < -0.39 is 12.1 Å². The van der Waals surface area contributed by atoms with Gasteiger partial charge in [0.1, 0.15) is 0 Å². The van der Waals surface area contributed by atoms with Gasteiger partial charge in [-0.1, -0.05) is 24.3 Å². The molecule has 2 aliphatic heterocycles. The molecule has 30 heavy (non-hydrogen) atoms. The Morgan fingerprint density at radius 2 is 1.87 bits per heavy atom. The summed E-state index contributed by atoms with van der Waals surface area (Å²) in [7, 11) is 1.61. The summed E-state index contributed by atoms with van der Waals surface area (Å²) < 4.78 is 16.1. The minimum absolute atomic E-state index is 0.00731. The number of fused-ring (bicyclic) bond motifs is 1. The van der Waals surface area contributed by atoms with E-state index in [4.69, 9.17) is 14.2 Å². The van der Waals surface area contributed by atoms with Crippen molar-refractivity contribution in [3.8, 4) is 11.5 Å². The second kappa shape index (κ2) is 7.94. The van der Waals surface area contributed by atoms with E-state index in [1.54, 1.807) is 25.0 Å². The molecule has 0 radical (unpaired) electrons. The first kappa shape index (κ1) is 19.6. The van der Waals surface area contributed by atoms with Crippen molar-refractivity contribution < 1.29 is 23.8 Å². The summed E-state index contributed by atoms with van der Waals surface area (Å²) in [5, 5.41) is 9.09. The highest BCUT2D eigenvalue weighted by molar-refractivity contribution is 6.35. The molecule has 0 bridgehead atoms. The molecule has 0 aliphatic carbocycles. The zero-order valence-corrected chi connectivity index (χ0v) is 16.9. The summed E-state index contributed by atoms with van der Waals surface area (Å²) in [5.41, 5.74) is 1.46. The van der Waals surface area contributed by atoms with Crippen LogP contribution in [0.5, 0.6) is 11.5 Å². The third-order valence-corrected chi connectivity index (χ3v) is 4.79. The van der Waals surface area contributed by atoms with Crippen LogP contribution in [0.25, 0.3) is 0 Å². The molecule has 4 rings (SSSR count). The van der Waals surface area contributed by atoms with Crippen LogP contribution in [0.4, 0.5) is 5.69 Å². The molecule has 2 aromatic carbocycles. The standard InChI is InChI=1S/C21H22N4O5/c1-4-28-21(27)19-22-24(16-8-6-5-7-9-16)20(25(14(2)26)23(19)3)15-10-11-17-18(12-15)30-13-29-17/h5-12,20H,4,13H2,1-3H3/t20-/m1/s1. The predicted molar refractivity (Wildman–Crippen MR) is 109 cm³/mol. The predicted octanol–water partition coefficient (Wildman–Crippen LogP) is 2.51. The molecule has 0 unspecified atom stereocenters. The Balaban J connectivity index is 1.87. The van der Waals surface area contributed by atoms with Crippen LogP contribution in [0.1, 0.15) is 25.6 Å². The molecule has 2 aromatic rings. The van der Waals surface area contributed by atoms with Gasteiger partial charge in [-0.2, -0.15) is 0 Å². The average Bonchev–Trinajstić information content (AvgIpc) is 3.21. The van der Waals surface area contributed by atoms with Gasteiger partial charge in [-0.05, 0) is 31.2 Å². The van der Waals surface area contributed by atoms with Crippen molar-refractivity contribution in [2.24, 2.45) is 5.10 Å². The molecule has 0 saturated carbocycles. The molecule has 2 heterocycles. The van der Waals surface area contributed by atoms with E-state index in [1.807, 2.05) is 42.5 Å². The minimum Gasteiger partial charge on any atom is -0.460 e. The summed E-state index contributed by atoms with van der Waals surface area (Å²) in [6, 6.07) is 14.8. The third-order valence-electron chi connectivity index (χ3n) is 4.79. The number of nitrogens with zero attached hydrogens (tertiary/aromatic N) is 4. The Kier molecular flexibility index (Phi) is 5.18. The highest BCUT2D eigenvalue weighted by atomic mass is 16.7. The number of hydrogen-bond donors (Lipinski definition) is 0. The van der Waals surface area contributed by atoms with Gasteiger partial charge in [-0.15, -0.1) is 5.10 Å². The molecule has 1 atom stereocenters. The topological polar surface area (TPSA) is 83.9 Å². The monoisotopic (exact) mass is 410 g/mol. The van der Waals surface area contributed by atoms with E-state index in [0.717, 1.165) is 5.56 Å². The van der Waals surface area contributed by atoms with Crippen LogP contribution in [0, 0.1) is 0 Å². The van der Waals surface area contributed by atoms with Crippen molar-refractivity contribution in [3.05, 3.63) is 54.1 Å². The maximum absolute atomic E-state index is 12.7. The van der Waals surface area contributed by atoms with Gasteiger partial charge in [0.25, 0.3) is 5.84 Å². The van der Waals surface area contributed by atoms with Gasteiger partial charge in [0, 0.05) is 19.5 Å². The molecule has 0 spiro atoms. The summed E-state index contributed by atoms with van der Waals surface area (Å²) in [6.07, 6.45) is -0.650. The lowest BCUT2D eigenvalue weighted by Crippen LogP contribution is -2.58. The van der Waals surface area contributed by atoms with E-state index in [9.17, 15) is 9.59 Å². The number of amides is 1. The highest BCUT2D eigenvalue weighted by Gasteiger charge is 2.41. The number of anilines is 1. The molecule has 9 nitrogen and oxygen atoms in total. The maximum atomic E-state index is 12.7. The Morgan fingerprint density at radius 3 is 2.57 bits per heavy atom. The molecular formula is C21H22N4O5. The number of hydrogen-bond acceptors (Lipinski definition) is 8. The number of hydrazone groups is 1. The molecule has 2 aliphatic rings. The van der Waals surface area contributed by atoms with Crippen LogP contribution in [0.2, 0.25) is 0 Å². The first-order valence-corrected chi connectivity index (χ1v) is 9.54. The number of ether oxygens (including phenoxy) is 3. The van der Waals surface area contributed by atoms with E-state index in [2.05, 4.69) is 5.10 Å². The fourth-order valence-corrected chi connectivity index (χ4v) is 3.48. The van der Waals surface area contributed by atoms with Gasteiger partial charge in [-0.25, -0.2) is 14.8 Å². The van der Waals surface area contributed by atoms with Crippen LogP contribution in [-0.2, 0) is 14.3 Å². The third kappa shape index (κ3) is 3.38. The molecule has 1 amide bonds. The lowest BCUT2D eigenvalue weighted by Gasteiger charge is -2.46. The number of likely N-dealkylation sites (N-methyl/N-ethyl adjacent to an activating group) is 1. The van der Waals surface area contributed by atoms with Gasteiger partial charge < -0.3 is 14.2 Å². The molecule has 0 fully saturated rings. The fourth-order valence-electron chi connectivity index (χ4n) is 3.48. The Bertz CT molecular complexity index is 994. The van der Waals surface area contributed by atoms with E-state index in [-0.39, 0.29) is 25.1 Å². The number of para-hydroxylation sites is 1. The normalized spacial score (nSPS) is 17.6. The van der Waals surface area contributed by atoms with E-state index >= 15 is 0 Å². The van der Waals surface area contributed by atoms with E-state index in [1.165, 1.54) is 16.9 Å². The van der Waals surface area contributed by atoms with Gasteiger partial charge in [0.2, 0.25) is 12.7 Å². The largest absolute Gasteiger partial charge is 0.460 e. The number of amidine groups is 1. The SMILES string of the molecule is CCOC(=O)C1=NN(c2ccccc2)[C@@H](c2ccc3c(c2)OCO3)N(C(C)=O)N1C. The molecular weight excluding hydrogens is 388 g/mol. The van der Waals surface area contributed by atoms with E-state index in [0.29, 0.717) is 17.2 Å². The Labute approximate surface area is 174 Å². The molecule has 9 heteroatoms. The first-order chi connectivity index (χ1) is 14.5. The van der Waals surface area contributed by atoms with Crippen molar-refractivity contribution in [2.75, 3.05) is 25.5 Å². The maximum Gasteiger partial charge on any atom is 0.377 e.